The van der Waals surface area contributed by atoms with Gasteiger partial charge in [0.15, 0.2) is 0 Å². The minimum absolute atomic E-state index is 0.145. The van der Waals surface area contributed by atoms with Gasteiger partial charge in [-0.1, -0.05) is 5.11 Å². The summed E-state index contributed by atoms with van der Waals surface area (Å²) in [5.41, 5.74) is 8.69. The van der Waals surface area contributed by atoms with Crippen molar-refractivity contribution in [2.75, 3.05) is 6.61 Å². The lowest BCUT2D eigenvalue weighted by Crippen LogP contribution is -2.24. The van der Waals surface area contributed by atoms with Gasteiger partial charge in [0, 0.05) is 18.6 Å². The molecule has 0 aliphatic carbocycles. The molecule has 1 aliphatic rings. The van der Waals surface area contributed by atoms with Crippen LogP contribution in [0, 0.1) is 10.1 Å². The van der Waals surface area contributed by atoms with E-state index < -0.39 is 23.2 Å². The summed E-state index contributed by atoms with van der Waals surface area (Å²) in [6.07, 6.45) is 0.179. The molecule has 1 aromatic heterocycles. The van der Waals surface area contributed by atoms with Crippen molar-refractivity contribution in [1.82, 2.24) is 9.78 Å². The molecule has 0 aromatic carbocycles. The van der Waals surface area contributed by atoms with Gasteiger partial charge in [0.1, 0.15) is 18.0 Å². The first kappa shape index (κ1) is 14.3. The molecule has 3 atom stereocenters. The SMILES string of the molecule is Cn1ncc([N+](=O)[O-])c1C1C[C@H](N=[N+]=[N-])[C@@H](O)CCO1. The molecule has 0 spiro atoms. The summed E-state index contributed by atoms with van der Waals surface area (Å²) in [5, 5.41) is 28.2. The summed E-state index contributed by atoms with van der Waals surface area (Å²) >= 11 is 0. The molecule has 1 aliphatic heterocycles. The van der Waals surface area contributed by atoms with E-state index in [2.05, 4.69) is 15.1 Å². The zero-order valence-corrected chi connectivity index (χ0v) is 10.8. The fourth-order valence-electron chi connectivity index (χ4n) is 2.30. The molecule has 108 valence electrons. The average Bonchev–Trinajstić information content (AvgIpc) is 2.69. The van der Waals surface area contributed by atoms with Crippen molar-refractivity contribution >= 4 is 5.69 Å². The van der Waals surface area contributed by atoms with Crippen LogP contribution in [0.2, 0.25) is 0 Å². The van der Waals surface area contributed by atoms with Gasteiger partial charge in [-0.25, -0.2) is 0 Å². The van der Waals surface area contributed by atoms with Crippen molar-refractivity contribution in [1.29, 1.82) is 0 Å². The Kier molecular flexibility index (Phi) is 4.18. The third-order valence-electron chi connectivity index (χ3n) is 3.30. The number of nitrogens with zero attached hydrogens (tertiary/aromatic N) is 6. The Hall–Kier alpha value is -2.16. The molecule has 0 saturated carbocycles. The minimum Gasteiger partial charge on any atom is -0.393 e. The quantitative estimate of drug-likeness (QED) is 0.292. The molecule has 0 bridgehead atoms. The molecule has 1 saturated heterocycles. The monoisotopic (exact) mass is 282 g/mol. The van der Waals surface area contributed by atoms with E-state index in [1.165, 1.54) is 4.68 Å². The number of aliphatic hydroxyl groups is 1. The lowest BCUT2D eigenvalue weighted by atomic mass is 10.0. The molecule has 10 heteroatoms. The van der Waals surface area contributed by atoms with Crippen molar-refractivity contribution in [3.63, 3.8) is 0 Å². The van der Waals surface area contributed by atoms with E-state index >= 15 is 0 Å². The number of hydrogen-bond donors (Lipinski definition) is 1. The Morgan fingerprint density at radius 3 is 3.15 bits per heavy atom. The Labute approximate surface area is 113 Å². The van der Waals surface area contributed by atoms with Gasteiger partial charge in [0.05, 0.1) is 17.1 Å². The van der Waals surface area contributed by atoms with E-state index in [9.17, 15) is 15.2 Å². The van der Waals surface area contributed by atoms with Crippen LogP contribution in [0.15, 0.2) is 11.3 Å². The molecule has 2 heterocycles. The molecule has 10 nitrogen and oxygen atoms in total. The van der Waals surface area contributed by atoms with Gasteiger partial charge < -0.3 is 9.84 Å². The first-order valence-corrected chi connectivity index (χ1v) is 6.04. The van der Waals surface area contributed by atoms with Crippen LogP contribution in [-0.2, 0) is 11.8 Å². The highest BCUT2D eigenvalue weighted by Crippen LogP contribution is 2.34. The first-order valence-electron chi connectivity index (χ1n) is 6.04. The number of aliphatic hydroxyl groups excluding tert-OH is 1. The fraction of sp³-hybridized carbons (Fsp3) is 0.700. The van der Waals surface area contributed by atoms with Crippen LogP contribution in [0.4, 0.5) is 5.69 Å². The second-order valence-corrected chi connectivity index (χ2v) is 4.52. The summed E-state index contributed by atoms with van der Waals surface area (Å²) in [5.74, 6) is 0. The van der Waals surface area contributed by atoms with Gasteiger partial charge in [0.25, 0.3) is 0 Å². The molecule has 1 N–H and O–H groups in total. The molecule has 1 unspecified atom stereocenters. The van der Waals surface area contributed by atoms with Crippen LogP contribution in [0.1, 0.15) is 24.6 Å². The highest BCUT2D eigenvalue weighted by atomic mass is 16.6. The minimum atomic E-state index is -0.816. The van der Waals surface area contributed by atoms with E-state index in [-0.39, 0.29) is 18.7 Å². The smallest absolute Gasteiger partial charge is 0.312 e. The number of rotatable bonds is 3. The zero-order chi connectivity index (χ0) is 14.7. The maximum atomic E-state index is 11.0. The summed E-state index contributed by atoms with van der Waals surface area (Å²) in [6.45, 7) is 0.228. The number of aryl methyl sites for hydroxylation is 1. The Morgan fingerprint density at radius 2 is 2.50 bits per heavy atom. The van der Waals surface area contributed by atoms with Gasteiger partial charge in [-0.2, -0.15) is 5.10 Å². The standard InChI is InChI=1S/C10H14N6O4/c1-15-10(7(5-12-15)16(18)19)9-4-6(13-14-11)8(17)2-3-20-9/h5-6,8-9,17H,2-4H2,1H3/t6-,8-,9?/m0/s1. The molecule has 1 aromatic rings. The molecule has 0 amide bonds. The summed E-state index contributed by atoms with van der Waals surface area (Å²) in [6, 6.07) is -0.679. The predicted molar refractivity (Wildman–Crippen MR) is 66.7 cm³/mol. The van der Waals surface area contributed by atoms with Gasteiger partial charge in [-0.15, -0.1) is 0 Å². The van der Waals surface area contributed by atoms with Crippen molar-refractivity contribution in [3.05, 3.63) is 32.4 Å². The highest BCUT2D eigenvalue weighted by molar-refractivity contribution is 5.35. The third kappa shape index (κ3) is 2.72. The summed E-state index contributed by atoms with van der Waals surface area (Å²) < 4.78 is 6.93. The maximum Gasteiger partial charge on any atom is 0.312 e. The first-order chi connectivity index (χ1) is 9.54. The van der Waals surface area contributed by atoms with Crippen LogP contribution in [0.25, 0.3) is 10.4 Å². The van der Waals surface area contributed by atoms with Crippen LogP contribution in [0.5, 0.6) is 0 Å². The van der Waals surface area contributed by atoms with E-state index in [1.807, 2.05) is 0 Å². The number of hydrogen-bond acceptors (Lipinski definition) is 6. The molecule has 1 fully saturated rings. The Bertz CT molecular complexity index is 552. The Morgan fingerprint density at radius 1 is 1.75 bits per heavy atom. The van der Waals surface area contributed by atoms with Crippen LogP contribution >= 0.6 is 0 Å². The molecule has 20 heavy (non-hydrogen) atoms. The molecule has 0 radical (unpaired) electrons. The molecule has 2 rings (SSSR count). The van der Waals surface area contributed by atoms with Crippen LogP contribution in [-0.4, -0.2) is 38.6 Å². The number of nitro groups is 1. The summed E-state index contributed by atoms with van der Waals surface area (Å²) in [4.78, 5) is 13.2. The van der Waals surface area contributed by atoms with Crippen molar-refractivity contribution in [3.8, 4) is 0 Å². The van der Waals surface area contributed by atoms with E-state index in [1.54, 1.807) is 7.05 Å². The number of azide groups is 1. The normalized spacial score (nSPS) is 26.6. The highest BCUT2D eigenvalue weighted by Gasteiger charge is 2.34. The Balaban J connectivity index is 2.34. The van der Waals surface area contributed by atoms with Crippen LogP contribution < -0.4 is 0 Å². The van der Waals surface area contributed by atoms with E-state index in [0.717, 1.165) is 6.20 Å². The fourth-order valence-corrected chi connectivity index (χ4v) is 2.30. The van der Waals surface area contributed by atoms with Gasteiger partial charge in [0.2, 0.25) is 0 Å². The predicted octanol–water partition coefficient (Wildman–Crippen LogP) is 1.22. The lowest BCUT2D eigenvalue weighted by molar-refractivity contribution is -0.386. The van der Waals surface area contributed by atoms with Crippen molar-refractivity contribution < 1.29 is 14.8 Å². The zero-order valence-electron chi connectivity index (χ0n) is 10.8. The number of aromatic nitrogens is 2. The molecular weight excluding hydrogens is 268 g/mol. The third-order valence-corrected chi connectivity index (χ3v) is 3.30. The van der Waals surface area contributed by atoms with Crippen LogP contribution in [0.3, 0.4) is 0 Å². The topological polar surface area (TPSA) is 139 Å². The van der Waals surface area contributed by atoms with E-state index in [4.69, 9.17) is 10.3 Å². The van der Waals surface area contributed by atoms with Gasteiger partial charge >= 0.3 is 5.69 Å². The molecular formula is C10H14N6O4. The van der Waals surface area contributed by atoms with E-state index in [0.29, 0.717) is 12.1 Å². The van der Waals surface area contributed by atoms with Gasteiger partial charge in [-0.05, 0) is 18.4 Å². The number of ether oxygens (including phenoxy) is 1. The van der Waals surface area contributed by atoms with Gasteiger partial charge in [-0.3, -0.25) is 14.8 Å². The second-order valence-electron chi connectivity index (χ2n) is 4.52. The van der Waals surface area contributed by atoms with Crippen molar-refractivity contribution in [2.24, 2.45) is 12.2 Å². The summed E-state index contributed by atoms with van der Waals surface area (Å²) in [7, 11) is 1.58. The average molecular weight is 282 g/mol. The van der Waals surface area contributed by atoms with Crippen molar-refractivity contribution in [2.45, 2.75) is 31.1 Å². The largest absolute Gasteiger partial charge is 0.393 e. The maximum absolute atomic E-state index is 11.0. The second kappa shape index (κ2) is 5.87. The lowest BCUT2D eigenvalue weighted by Gasteiger charge is -2.18.